The van der Waals surface area contributed by atoms with E-state index in [0.29, 0.717) is 12.1 Å². The number of aryl methyl sites for hydroxylation is 1. The van der Waals surface area contributed by atoms with Crippen LogP contribution in [-0.4, -0.2) is 50.5 Å². The number of unbranched alkanes of at least 4 members (excludes halogenated alkanes) is 3. The standard InChI is InChI=1S/C25H29FN2O5S/c26-21-12-8-18(9-13-21)5-3-1-2-4-14-27-22(29)16-28-23(30)15-24(28)34(33)17-19-6-10-20(11-7-19)25(31)32/h6-13,24H,1-5,14-17H2,(H,27,29)(H,31,32)/t24-,34?/m1/s1. The highest BCUT2D eigenvalue weighted by atomic mass is 32.2. The maximum absolute atomic E-state index is 12.9. The molecule has 2 atom stereocenters. The lowest BCUT2D eigenvalue weighted by atomic mass is 10.1. The normalized spacial score (nSPS) is 16.1. The number of nitrogens with one attached hydrogen (secondary N) is 1. The van der Waals surface area contributed by atoms with Crippen molar-refractivity contribution < 1.29 is 28.1 Å². The first-order valence-corrected chi connectivity index (χ1v) is 12.7. The Bertz CT molecular complexity index is 1030. The Labute approximate surface area is 200 Å². The zero-order valence-electron chi connectivity index (χ0n) is 18.9. The number of rotatable bonds is 13. The molecule has 1 fully saturated rings. The third kappa shape index (κ3) is 7.48. The molecule has 1 unspecified atom stereocenters. The number of hydrogen-bond acceptors (Lipinski definition) is 4. The average molecular weight is 489 g/mol. The highest BCUT2D eigenvalue weighted by Gasteiger charge is 2.41. The van der Waals surface area contributed by atoms with Gasteiger partial charge in [0.15, 0.2) is 0 Å². The number of aromatic carboxylic acids is 1. The summed E-state index contributed by atoms with van der Waals surface area (Å²) in [7, 11) is -1.39. The topological polar surface area (TPSA) is 104 Å². The fourth-order valence-electron chi connectivity index (χ4n) is 3.75. The first kappa shape index (κ1) is 25.6. The second kappa shape index (κ2) is 12.4. The van der Waals surface area contributed by atoms with E-state index in [2.05, 4.69) is 5.32 Å². The number of hydrogen-bond donors (Lipinski definition) is 2. The molecule has 34 heavy (non-hydrogen) atoms. The SMILES string of the molecule is O=C(CN1C(=O)C[C@H]1S(=O)Cc1ccc(C(=O)O)cc1)NCCCCCCc1ccc(F)cc1. The molecular weight excluding hydrogens is 459 g/mol. The van der Waals surface area contributed by atoms with Crippen LogP contribution in [0.15, 0.2) is 48.5 Å². The van der Waals surface area contributed by atoms with Crippen molar-refractivity contribution in [3.63, 3.8) is 0 Å². The van der Waals surface area contributed by atoms with Gasteiger partial charge in [0.2, 0.25) is 11.8 Å². The summed E-state index contributed by atoms with van der Waals surface area (Å²) in [5, 5.41) is 11.3. The van der Waals surface area contributed by atoms with Crippen LogP contribution in [0.25, 0.3) is 0 Å². The molecule has 1 saturated heterocycles. The molecule has 2 aromatic carbocycles. The van der Waals surface area contributed by atoms with Crippen LogP contribution in [0.1, 0.15) is 53.6 Å². The van der Waals surface area contributed by atoms with E-state index in [0.717, 1.165) is 37.7 Å². The number of β-lactam (4-membered cyclic amide) rings is 1. The van der Waals surface area contributed by atoms with E-state index in [1.807, 2.05) is 0 Å². The average Bonchev–Trinajstić information content (AvgIpc) is 2.81. The van der Waals surface area contributed by atoms with Crippen molar-refractivity contribution in [2.24, 2.45) is 0 Å². The Balaban J connectivity index is 1.31. The number of amides is 2. The van der Waals surface area contributed by atoms with E-state index in [4.69, 9.17) is 5.11 Å². The van der Waals surface area contributed by atoms with Crippen molar-refractivity contribution in [1.82, 2.24) is 10.2 Å². The summed E-state index contributed by atoms with van der Waals surface area (Å²) in [4.78, 5) is 36.5. The van der Waals surface area contributed by atoms with Gasteiger partial charge in [0.1, 0.15) is 17.7 Å². The molecule has 2 N–H and O–H groups in total. The van der Waals surface area contributed by atoms with Crippen molar-refractivity contribution in [3.05, 3.63) is 71.0 Å². The van der Waals surface area contributed by atoms with Gasteiger partial charge in [-0.2, -0.15) is 0 Å². The Morgan fingerprint density at radius 1 is 1.00 bits per heavy atom. The summed E-state index contributed by atoms with van der Waals surface area (Å²) in [6.45, 7) is 0.402. The van der Waals surface area contributed by atoms with Crippen LogP contribution in [-0.2, 0) is 32.6 Å². The summed E-state index contributed by atoms with van der Waals surface area (Å²) < 4.78 is 25.6. The van der Waals surface area contributed by atoms with E-state index in [-0.39, 0.29) is 41.9 Å². The minimum absolute atomic E-state index is 0.113. The largest absolute Gasteiger partial charge is 0.478 e. The van der Waals surface area contributed by atoms with Gasteiger partial charge in [-0.05, 0) is 54.7 Å². The number of benzene rings is 2. The molecule has 0 bridgehead atoms. The number of likely N-dealkylation sites (tertiary alicyclic amines) is 1. The summed E-state index contributed by atoms with van der Waals surface area (Å²) in [5.41, 5.74) is 1.98. The summed E-state index contributed by atoms with van der Waals surface area (Å²) >= 11 is 0. The first-order valence-electron chi connectivity index (χ1n) is 11.3. The molecule has 0 spiro atoms. The van der Waals surface area contributed by atoms with Gasteiger partial charge in [0, 0.05) is 17.3 Å². The molecule has 1 aliphatic heterocycles. The highest BCUT2D eigenvalue weighted by molar-refractivity contribution is 7.85. The van der Waals surface area contributed by atoms with E-state index in [1.54, 1.807) is 24.3 Å². The van der Waals surface area contributed by atoms with Crippen LogP contribution in [0.2, 0.25) is 0 Å². The zero-order valence-corrected chi connectivity index (χ0v) is 19.7. The van der Waals surface area contributed by atoms with Crippen LogP contribution < -0.4 is 5.32 Å². The predicted octanol–water partition coefficient (Wildman–Crippen LogP) is 3.25. The Hall–Kier alpha value is -3.07. The molecule has 1 heterocycles. The summed E-state index contributed by atoms with van der Waals surface area (Å²) in [5.74, 6) is -1.54. The van der Waals surface area contributed by atoms with Crippen molar-refractivity contribution in [2.45, 2.75) is 49.7 Å². The number of carboxylic acid groups (broad SMARTS) is 1. The molecule has 0 saturated carbocycles. The molecule has 182 valence electrons. The van der Waals surface area contributed by atoms with E-state index >= 15 is 0 Å². The van der Waals surface area contributed by atoms with E-state index in [1.165, 1.54) is 29.2 Å². The first-order chi connectivity index (χ1) is 16.3. The minimum atomic E-state index is -1.39. The van der Waals surface area contributed by atoms with Gasteiger partial charge in [-0.25, -0.2) is 9.18 Å². The quantitative estimate of drug-likeness (QED) is 0.333. The lowest BCUT2D eigenvalue weighted by Gasteiger charge is -2.39. The van der Waals surface area contributed by atoms with Gasteiger partial charge in [0.25, 0.3) is 0 Å². The number of carbonyl (C=O) groups is 3. The molecule has 0 aromatic heterocycles. The minimum Gasteiger partial charge on any atom is -0.478 e. The van der Waals surface area contributed by atoms with Crippen molar-refractivity contribution in [3.8, 4) is 0 Å². The Morgan fingerprint density at radius 3 is 2.29 bits per heavy atom. The van der Waals surface area contributed by atoms with E-state index in [9.17, 15) is 23.0 Å². The smallest absolute Gasteiger partial charge is 0.335 e. The maximum Gasteiger partial charge on any atom is 0.335 e. The zero-order chi connectivity index (χ0) is 24.5. The molecule has 0 radical (unpaired) electrons. The van der Waals surface area contributed by atoms with Gasteiger partial charge in [-0.3, -0.25) is 13.8 Å². The number of carboxylic acids is 1. The van der Waals surface area contributed by atoms with Crippen LogP contribution in [0, 0.1) is 5.82 Å². The van der Waals surface area contributed by atoms with Crippen LogP contribution >= 0.6 is 0 Å². The molecule has 0 aliphatic carbocycles. The van der Waals surface area contributed by atoms with E-state index < -0.39 is 22.1 Å². The molecule has 9 heteroatoms. The van der Waals surface area contributed by atoms with Gasteiger partial charge >= 0.3 is 5.97 Å². The summed E-state index contributed by atoms with van der Waals surface area (Å²) in [6, 6.07) is 12.6. The van der Waals surface area contributed by atoms with Crippen molar-refractivity contribution >= 4 is 28.6 Å². The maximum atomic E-state index is 12.9. The van der Waals surface area contributed by atoms with Gasteiger partial charge in [0.05, 0.1) is 17.7 Å². The lowest BCUT2D eigenvalue weighted by Crippen LogP contribution is -2.57. The molecule has 2 aromatic rings. The number of halogens is 1. The second-order valence-corrected chi connectivity index (χ2v) is 9.94. The van der Waals surface area contributed by atoms with Gasteiger partial charge in [-0.1, -0.05) is 37.1 Å². The van der Waals surface area contributed by atoms with Gasteiger partial charge in [-0.15, -0.1) is 0 Å². The number of carbonyl (C=O) groups excluding carboxylic acids is 2. The number of nitrogens with zero attached hydrogens (tertiary/aromatic N) is 1. The third-order valence-electron chi connectivity index (χ3n) is 5.77. The predicted molar refractivity (Wildman–Crippen MR) is 127 cm³/mol. The second-order valence-electron chi connectivity index (χ2n) is 8.35. The fraction of sp³-hybridized carbons (Fsp3) is 0.400. The van der Waals surface area contributed by atoms with Crippen molar-refractivity contribution in [1.29, 1.82) is 0 Å². The van der Waals surface area contributed by atoms with Crippen molar-refractivity contribution in [2.75, 3.05) is 13.1 Å². The fourth-order valence-corrected chi connectivity index (χ4v) is 5.27. The Kier molecular flexibility index (Phi) is 9.33. The molecule has 7 nitrogen and oxygen atoms in total. The molecule has 2 amide bonds. The monoisotopic (exact) mass is 488 g/mol. The lowest BCUT2D eigenvalue weighted by molar-refractivity contribution is -0.145. The summed E-state index contributed by atoms with van der Waals surface area (Å²) in [6.07, 6.45) is 4.82. The third-order valence-corrected chi connectivity index (χ3v) is 7.42. The van der Waals surface area contributed by atoms with Crippen LogP contribution in [0.4, 0.5) is 4.39 Å². The van der Waals surface area contributed by atoms with Crippen LogP contribution in [0.5, 0.6) is 0 Å². The Morgan fingerprint density at radius 2 is 1.65 bits per heavy atom. The molecule has 1 aliphatic rings. The van der Waals surface area contributed by atoms with Crippen LogP contribution in [0.3, 0.4) is 0 Å². The molecular formula is C25H29FN2O5S. The van der Waals surface area contributed by atoms with Gasteiger partial charge < -0.3 is 15.3 Å². The highest BCUT2D eigenvalue weighted by Crippen LogP contribution is 2.24. The molecule has 3 rings (SSSR count).